The maximum atomic E-state index is 12.8. The first kappa shape index (κ1) is 23.3. The Morgan fingerprint density at radius 3 is 2.60 bits per heavy atom. The number of carbonyl (C=O) groups is 1. The highest BCUT2D eigenvalue weighted by atomic mass is 35.5. The minimum Gasteiger partial charge on any atom is -0.495 e. The van der Waals surface area contributed by atoms with Gasteiger partial charge in [-0.1, -0.05) is 25.4 Å². The largest absolute Gasteiger partial charge is 0.495 e. The number of aromatic nitrogens is 4. The van der Waals surface area contributed by atoms with Gasteiger partial charge in [-0.2, -0.15) is 15.0 Å². The van der Waals surface area contributed by atoms with Gasteiger partial charge in [0, 0.05) is 17.0 Å². The molecule has 0 bridgehead atoms. The summed E-state index contributed by atoms with van der Waals surface area (Å²) >= 11 is 6.27. The third-order valence-electron chi connectivity index (χ3n) is 6.59. The van der Waals surface area contributed by atoms with Crippen molar-refractivity contribution in [3.63, 3.8) is 0 Å². The first-order valence-corrected chi connectivity index (χ1v) is 11.9. The molecular formula is C24H27ClN6O4. The molecule has 1 aliphatic heterocycles. The second-order valence-electron chi connectivity index (χ2n) is 9.49. The Labute approximate surface area is 207 Å². The number of nitrogens with one attached hydrogen (secondary N) is 2. The number of rotatable bonds is 6. The molecular weight excluding hydrogens is 472 g/mol. The predicted octanol–water partition coefficient (Wildman–Crippen LogP) is 4.37. The molecule has 5 rings (SSSR count). The Morgan fingerprint density at radius 2 is 1.94 bits per heavy atom. The van der Waals surface area contributed by atoms with Gasteiger partial charge in [-0.25, -0.2) is 9.69 Å². The fourth-order valence-corrected chi connectivity index (χ4v) is 5.13. The first-order chi connectivity index (χ1) is 16.6. The molecule has 35 heavy (non-hydrogen) atoms. The highest BCUT2D eigenvalue weighted by Crippen LogP contribution is 2.52. The average molecular weight is 499 g/mol. The number of hydrogen-bond acceptors (Lipinski definition) is 8. The van der Waals surface area contributed by atoms with E-state index in [0.717, 1.165) is 18.2 Å². The SMILES string of the molecule is COc1cc2[nH]c(=O)c([C@H](C)Nc3nc(C)nc(N4C(=O)OC5(CC5)C4C(C)C)n3)cc2cc1Cl. The van der Waals surface area contributed by atoms with Crippen LogP contribution < -0.4 is 20.5 Å². The number of carbonyl (C=O) groups excluding carboxylic acids is 1. The van der Waals surface area contributed by atoms with Crippen molar-refractivity contribution in [3.05, 3.63) is 45.0 Å². The van der Waals surface area contributed by atoms with Crippen molar-refractivity contribution in [1.82, 2.24) is 19.9 Å². The maximum Gasteiger partial charge on any atom is 0.417 e. The number of anilines is 2. The molecule has 1 aliphatic carbocycles. The van der Waals surface area contributed by atoms with Crippen molar-refractivity contribution in [1.29, 1.82) is 0 Å². The first-order valence-electron chi connectivity index (χ1n) is 11.5. The van der Waals surface area contributed by atoms with Crippen LogP contribution in [0.4, 0.5) is 16.7 Å². The summed E-state index contributed by atoms with van der Waals surface area (Å²) in [7, 11) is 1.52. The maximum absolute atomic E-state index is 12.8. The Hall–Kier alpha value is -3.40. The number of ether oxygens (including phenoxy) is 2. The van der Waals surface area contributed by atoms with Gasteiger partial charge in [0.1, 0.15) is 17.2 Å². The zero-order chi connectivity index (χ0) is 25.1. The molecule has 1 saturated carbocycles. The number of H-pyrrole nitrogens is 1. The number of pyridine rings is 1. The summed E-state index contributed by atoms with van der Waals surface area (Å²) in [6.45, 7) is 7.68. The molecule has 1 amide bonds. The van der Waals surface area contributed by atoms with Crippen LogP contribution in [0.1, 0.15) is 51.0 Å². The van der Waals surface area contributed by atoms with Gasteiger partial charge in [0.25, 0.3) is 5.56 Å². The molecule has 2 N–H and O–H groups in total. The lowest BCUT2D eigenvalue weighted by Gasteiger charge is -2.26. The lowest BCUT2D eigenvalue weighted by atomic mass is 9.96. The lowest BCUT2D eigenvalue weighted by molar-refractivity contribution is 0.109. The van der Waals surface area contributed by atoms with E-state index in [1.807, 2.05) is 6.92 Å². The molecule has 184 valence electrons. The van der Waals surface area contributed by atoms with Gasteiger partial charge in [0.2, 0.25) is 11.9 Å². The minimum absolute atomic E-state index is 0.146. The van der Waals surface area contributed by atoms with Crippen LogP contribution in [0.5, 0.6) is 5.75 Å². The van der Waals surface area contributed by atoms with Gasteiger partial charge in [-0.05, 0) is 44.7 Å². The Morgan fingerprint density at radius 1 is 1.20 bits per heavy atom. The van der Waals surface area contributed by atoms with Crippen LogP contribution in [-0.4, -0.2) is 44.8 Å². The van der Waals surface area contributed by atoms with Gasteiger partial charge < -0.3 is 19.8 Å². The number of nitrogens with zero attached hydrogens (tertiary/aromatic N) is 4. The molecule has 2 fully saturated rings. The summed E-state index contributed by atoms with van der Waals surface area (Å²) in [5.41, 5.74) is 0.392. The van der Waals surface area contributed by atoms with E-state index in [9.17, 15) is 9.59 Å². The number of methoxy groups -OCH3 is 1. The fourth-order valence-electron chi connectivity index (χ4n) is 4.88. The summed E-state index contributed by atoms with van der Waals surface area (Å²) in [6, 6.07) is 4.61. The van der Waals surface area contributed by atoms with Gasteiger partial charge in [0.05, 0.1) is 29.7 Å². The summed E-state index contributed by atoms with van der Waals surface area (Å²) in [5.74, 6) is 1.60. The molecule has 2 atom stereocenters. The highest BCUT2D eigenvalue weighted by molar-refractivity contribution is 6.32. The molecule has 11 heteroatoms. The minimum atomic E-state index is -0.449. The molecule has 10 nitrogen and oxygen atoms in total. The van der Waals surface area contributed by atoms with E-state index in [0.29, 0.717) is 27.7 Å². The normalized spacial score (nSPS) is 19.3. The van der Waals surface area contributed by atoms with E-state index in [1.165, 1.54) is 7.11 Å². The number of aryl methyl sites for hydroxylation is 1. The van der Waals surface area contributed by atoms with Crippen LogP contribution in [0.25, 0.3) is 10.9 Å². The number of fused-ring (bicyclic) bond motifs is 1. The Kier molecular flexibility index (Phi) is 5.58. The standard InChI is InChI=1S/C24H27ClN6O4/c1-11(2)19-24(6-7-24)35-23(33)31(19)22-28-13(4)27-21(30-22)26-12(3)15-8-14-9-16(25)18(34-5)10-17(14)29-20(15)32/h8-12,19H,6-7H2,1-5H3,(H,29,32)(H,26,27,28,30)/t12-,19?/m0/s1. The molecule has 1 unspecified atom stereocenters. The van der Waals surface area contributed by atoms with E-state index in [-0.39, 0.29) is 29.4 Å². The van der Waals surface area contributed by atoms with Gasteiger partial charge in [0.15, 0.2) is 0 Å². The van der Waals surface area contributed by atoms with Gasteiger partial charge in [-0.15, -0.1) is 0 Å². The molecule has 1 saturated heterocycles. The average Bonchev–Trinajstić information content (AvgIpc) is 3.48. The van der Waals surface area contributed by atoms with E-state index in [4.69, 9.17) is 21.1 Å². The summed E-state index contributed by atoms with van der Waals surface area (Å²) in [5, 5.41) is 4.39. The predicted molar refractivity (Wildman–Crippen MR) is 132 cm³/mol. The summed E-state index contributed by atoms with van der Waals surface area (Å²) < 4.78 is 10.9. The molecule has 2 aromatic heterocycles. The number of halogens is 1. The molecule has 3 aromatic rings. The monoisotopic (exact) mass is 498 g/mol. The zero-order valence-electron chi connectivity index (χ0n) is 20.2. The molecule has 3 heterocycles. The van der Waals surface area contributed by atoms with Crippen molar-refractivity contribution >= 4 is 40.5 Å². The van der Waals surface area contributed by atoms with E-state index in [1.54, 1.807) is 30.0 Å². The van der Waals surface area contributed by atoms with Crippen LogP contribution in [0, 0.1) is 12.8 Å². The van der Waals surface area contributed by atoms with Crippen molar-refractivity contribution in [3.8, 4) is 5.75 Å². The van der Waals surface area contributed by atoms with Crippen molar-refractivity contribution in [2.24, 2.45) is 5.92 Å². The van der Waals surface area contributed by atoms with E-state index >= 15 is 0 Å². The zero-order valence-corrected chi connectivity index (χ0v) is 20.9. The summed E-state index contributed by atoms with van der Waals surface area (Å²) in [4.78, 5) is 43.4. The number of benzene rings is 1. The molecule has 1 spiro atoms. The van der Waals surface area contributed by atoms with Crippen LogP contribution in [-0.2, 0) is 4.74 Å². The number of aromatic amines is 1. The highest BCUT2D eigenvalue weighted by Gasteiger charge is 2.63. The quantitative estimate of drug-likeness (QED) is 0.513. The van der Waals surface area contributed by atoms with Gasteiger partial charge >= 0.3 is 6.09 Å². The number of hydrogen-bond donors (Lipinski definition) is 2. The third kappa shape index (κ3) is 4.05. The topological polar surface area (TPSA) is 122 Å². The van der Waals surface area contributed by atoms with Crippen LogP contribution in [0.15, 0.2) is 23.0 Å². The van der Waals surface area contributed by atoms with Crippen LogP contribution >= 0.6 is 11.6 Å². The molecule has 0 radical (unpaired) electrons. The fraction of sp³-hybridized carbons (Fsp3) is 0.458. The Bertz CT molecular complexity index is 1390. The van der Waals surface area contributed by atoms with Gasteiger partial charge in [-0.3, -0.25) is 4.79 Å². The van der Waals surface area contributed by atoms with Crippen molar-refractivity contribution in [2.45, 2.75) is 58.2 Å². The molecule has 2 aliphatic rings. The number of amides is 1. The molecule has 1 aromatic carbocycles. The van der Waals surface area contributed by atoms with Crippen LogP contribution in [0.3, 0.4) is 0 Å². The Balaban J connectivity index is 1.46. The smallest absolute Gasteiger partial charge is 0.417 e. The van der Waals surface area contributed by atoms with Crippen LogP contribution in [0.2, 0.25) is 5.02 Å². The second kappa shape index (κ2) is 8.37. The summed E-state index contributed by atoms with van der Waals surface area (Å²) in [6.07, 6.45) is 1.24. The third-order valence-corrected chi connectivity index (χ3v) is 6.88. The second-order valence-corrected chi connectivity index (χ2v) is 9.90. The van der Waals surface area contributed by atoms with Crippen molar-refractivity contribution < 1.29 is 14.3 Å². The van der Waals surface area contributed by atoms with E-state index < -0.39 is 17.7 Å². The van der Waals surface area contributed by atoms with E-state index in [2.05, 4.69) is 39.1 Å². The lowest BCUT2D eigenvalue weighted by Crippen LogP contribution is -2.43. The van der Waals surface area contributed by atoms with Crippen molar-refractivity contribution in [2.75, 3.05) is 17.3 Å².